The van der Waals surface area contributed by atoms with Crippen molar-refractivity contribution in [3.05, 3.63) is 331 Å². The molecular weight excluding hydrogens is 1420 g/mol. The van der Waals surface area contributed by atoms with Gasteiger partial charge >= 0.3 is 0 Å². The van der Waals surface area contributed by atoms with E-state index in [0.717, 1.165) is 111 Å². The van der Waals surface area contributed by atoms with Crippen LogP contribution in [0.1, 0.15) is 11.1 Å². The zero-order valence-electron chi connectivity index (χ0n) is 56.9. The van der Waals surface area contributed by atoms with E-state index in [1.165, 1.54) is 89.5 Å². The van der Waals surface area contributed by atoms with Crippen LogP contribution in [0.25, 0.3) is 212 Å². The molecule has 12 heteroatoms. The Morgan fingerprint density at radius 3 is 1.30 bits per heavy atom. The minimum atomic E-state index is 0.489. The zero-order valence-corrected chi connectivity index (χ0v) is 60.1. The van der Waals surface area contributed by atoms with Gasteiger partial charge in [-0.05, 0) is 124 Å². The van der Waals surface area contributed by atoms with Crippen LogP contribution < -0.4 is 0 Å². The van der Waals surface area contributed by atoms with Crippen LogP contribution in [0.3, 0.4) is 0 Å². The third-order valence-electron chi connectivity index (χ3n) is 21.2. The number of aromatic nitrogens is 7. The lowest BCUT2D eigenvalue weighted by molar-refractivity contribution is 0.669. The fraction of sp³-hybridized carbons (Fsp3) is 0.0105. The van der Waals surface area contributed by atoms with Gasteiger partial charge in [0.1, 0.15) is 22.3 Å². The van der Waals surface area contributed by atoms with E-state index >= 15 is 0 Å². The van der Waals surface area contributed by atoms with E-state index in [0.29, 0.717) is 34.0 Å². The van der Waals surface area contributed by atoms with Crippen molar-refractivity contribution in [2.75, 3.05) is 0 Å². The predicted molar refractivity (Wildman–Crippen MR) is 448 cm³/mol. The van der Waals surface area contributed by atoms with Crippen LogP contribution in [0.5, 0.6) is 0 Å². The number of thiophene rings is 2. The van der Waals surface area contributed by atoms with E-state index < -0.39 is 0 Å². The highest BCUT2D eigenvalue weighted by atomic mass is 79.9. The first-order chi connectivity index (χ1) is 53.0. The second kappa shape index (κ2) is 24.5. The number of hydrogen-bond acceptors (Lipinski definition) is 10. The summed E-state index contributed by atoms with van der Waals surface area (Å²) >= 11 is 7.26. The molecule has 7 aromatic heterocycles. The van der Waals surface area contributed by atoms with Crippen LogP contribution in [-0.4, -0.2) is 34.5 Å². The van der Waals surface area contributed by atoms with E-state index in [1.807, 2.05) is 95.5 Å². The Bertz CT molecular complexity index is 7670. The maximum atomic E-state index is 6.56. The summed E-state index contributed by atoms with van der Waals surface area (Å²) in [6.07, 6.45) is 1.06. The molecule has 0 N–H and O–H groups in total. The summed E-state index contributed by atoms with van der Waals surface area (Å²) in [5.41, 5.74) is 14.8. The number of benzene rings is 16. The largest absolute Gasteiger partial charge is 0.455 e. The lowest BCUT2D eigenvalue weighted by atomic mass is 9.94. The molecule has 9 nitrogen and oxygen atoms in total. The third-order valence-corrected chi connectivity index (χ3v) is 24.0. The predicted octanol–water partition coefficient (Wildman–Crippen LogP) is 26.7. The van der Waals surface area contributed by atoms with Gasteiger partial charge in [0, 0.05) is 85.5 Å². The molecule has 0 spiro atoms. The maximum Gasteiger partial charge on any atom is 0.238 e. The smallest absolute Gasteiger partial charge is 0.238 e. The minimum Gasteiger partial charge on any atom is -0.455 e. The number of para-hydroxylation sites is 5. The Kier molecular flexibility index (Phi) is 14.1. The number of furan rings is 2. The van der Waals surface area contributed by atoms with Gasteiger partial charge < -0.3 is 8.83 Å². The van der Waals surface area contributed by atoms with E-state index in [-0.39, 0.29) is 0 Å². The fourth-order valence-corrected chi connectivity index (χ4v) is 19.5. The average molecular weight is 1470 g/mol. The molecule has 0 fully saturated rings. The van der Waals surface area contributed by atoms with Crippen molar-refractivity contribution in [3.63, 3.8) is 0 Å². The highest BCUT2D eigenvalue weighted by molar-refractivity contribution is 9.10. The summed E-state index contributed by atoms with van der Waals surface area (Å²) < 4.78 is 20.8. The summed E-state index contributed by atoms with van der Waals surface area (Å²) in [5.74, 6) is 2.92. The molecule has 23 aromatic rings. The molecular formula is C95H54BrN7O2S2. The average Bonchev–Trinajstić information content (AvgIpc) is 1.55. The Morgan fingerprint density at radius 1 is 0.299 bits per heavy atom. The van der Waals surface area contributed by atoms with Crippen molar-refractivity contribution in [2.24, 2.45) is 0 Å². The van der Waals surface area contributed by atoms with Crippen LogP contribution in [0.4, 0.5) is 0 Å². The standard InChI is InChI=1S/C47H26N4OS.C25H14BrN3O.C23H14S/c1-2-15-28-27(13-1)14-11-22-33(28)45-48-46(36-23-12-21-32-29-16-6-9-25-38(29)52-43(32)36)50-47(49-45)51-37-24-8-5-19-34(37)40-30-17-3-4-18-31(30)41-35-20-7-10-26-39(35)53-44(41)42(40)51;26-25-28-23(19-12-5-8-15-7-1-2-9-16(15)19)27-24(29-25)20-13-6-11-18-17-10-3-4-14-21(17)30-22(18)20;1-2-8-15-14(7-1)13-19-21(15)16-9-3-4-10-17(16)22-18-11-5-6-12-20(18)24-23(19)22/h1-26H;1-14H;1-12H,13H2. The number of fused-ring (bicyclic) bond motifs is 28. The van der Waals surface area contributed by atoms with Crippen molar-refractivity contribution >= 4 is 188 Å². The molecule has 0 radical (unpaired) electrons. The van der Waals surface area contributed by atoms with Crippen molar-refractivity contribution in [3.8, 4) is 62.6 Å². The van der Waals surface area contributed by atoms with Gasteiger partial charge in [-0.3, -0.25) is 4.57 Å². The van der Waals surface area contributed by atoms with Crippen LogP contribution in [0.2, 0.25) is 0 Å². The number of halogens is 1. The monoisotopic (exact) mass is 1470 g/mol. The molecule has 0 amide bonds. The van der Waals surface area contributed by atoms with Gasteiger partial charge in [-0.25, -0.2) is 19.9 Å². The molecule has 0 bridgehead atoms. The summed E-state index contributed by atoms with van der Waals surface area (Å²) in [6.45, 7) is 0. The second-order valence-electron chi connectivity index (χ2n) is 27.1. The summed E-state index contributed by atoms with van der Waals surface area (Å²) in [5, 5.41) is 21.6. The molecule has 107 heavy (non-hydrogen) atoms. The molecule has 0 saturated heterocycles. The topological polar surface area (TPSA) is 109 Å². The SMILES string of the molecule is Brc1nc(-c2cccc3ccccc23)nc(-c2cccc3c2oc2ccccc23)n1.c1ccc2c(-c3nc(-c4cccc5c4oc4ccccc45)nc(-n4c5ccccc5c5c6ccccc6c6c7ccccc7sc6c54)n3)cccc2c1.c1ccc2c(c1)Cc1c-2c2ccccc2c2c1sc1ccccc12. The Labute approximate surface area is 626 Å². The Balaban J connectivity index is 0.000000111. The lowest BCUT2D eigenvalue weighted by Crippen LogP contribution is -2.06. The van der Waals surface area contributed by atoms with Crippen molar-refractivity contribution in [1.82, 2.24) is 34.5 Å². The molecule has 1 aliphatic carbocycles. The van der Waals surface area contributed by atoms with Gasteiger partial charge in [-0.1, -0.05) is 273 Å². The fourth-order valence-electron chi connectivity index (χ4n) is 16.6. The molecule has 0 atom stereocenters. The van der Waals surface area contributed by atoms with E-state index in [9.17, 15) is 0 Å². The molecule has 1 aliphatic rings. The molecule has 0 saturated carbocycles. The summed E-state index contributed by atoms with van der Waals surface area (Å²) in [7, 11) is 0. The van der Waals surface area contributed by atoms with Crippen molar-refractivity contribution in [1.29, 1.82) is 0 Å². The first kappa shape index (κ1) is 61.4. The van der Waals surface area contributed by atoms with Gasteiger partial charge in [-0.2, -0.15) is 9.97 Å². The van der Waals surface area contributed by atoms with Crippen molar-refractivity contribution < 1.29 is 8.83 Å². The van der Waals surface area contributed by atoms with Gasteiger partial charge in [0.2, 0.25) is 10.7 Å². The minimum absolute atomic E-state index is 0.489. The van der Waals surface area contributed by atoms with E-state index in [2.05, 4.69) is 273 Å². The molecule has 24 rings (SSSR count). The molecule has 16 aromatic carbocycles. The quantitative estimate of drug-likeness (QED) is 0.168. The van der Waals surface area contributed by atoms with Crippen LogP contribution in [0, 0.1) is 0 Å². The first-order valence-electron chi connectivity index (χ1n) is 35.6. The number of nitrogens with zero attached hydrogens (tertiary/aromatic N) is 7. The van der Waals surface area contributed by atoms with Gasteiger partial charge in [-0.15, -0.1) is 22.7 Å². The molecule has 0 aliphatic heterocycles. The zero-order chi connectivity index (χ0) is 70.4. The Hall–Kier alpha value is -13.1. The van der Waals surface area contributed by atoms with Gasteiger partial charge in [0.15, 0.2) is 23.3 Å². The van der Waals surface area contributed by atoms with Crippen LogP contribution in [0.15, 0.2) is 329 Å². The highest BCUT2D eigenvalue weighted by Gasteiger charge is 2.28. The molecule has 7 heterocycles. The third kappa shape index (κ3) is 9.73. The van der Waals surface area contributed by atoms with Crippen LogP contribution in [-0.2, 0) is 6.42 Å². The molecule has 0 unspecified atom stereocenters. The van der Waals surface area contributed by atoms with Gasteiger partial charge in [0.25, 0.3) is 0 Å². The first-order valence-corrected chi connectivity index (χ1v) is 38.1. The highest BCUT2D eigenvalue weighted by Crippen LogP contribution is 2.52. The summed E-state index contributed by atoms with van der Waals surface area (Å²) in [4.78, 5) is 30.0. The Morgan fingerprint density at radius 2 is 0.692 bits per heavy atom. The maximum absolute atomic E-state index is 6.56. The molecule has 500 valence electrons. The summed E-state index contributed by atoms with van der Waals surface area (Å²) in [6, 6.07) is 110. The number of hydrogen-bond donors (Lipinski definition) is 0. The van der Waals surface area contributed by atoms with E-state index in [4.69, 9.17) is 28.8 Å². The number of rotatable bonds is 5. The van der Waals surface area contributed by atoms with Crippen LogP contribution >= 0.6 is 38.6 Å². The second-order valence-corrected chi connectivity index (χ2v) is 29.9. The lowest BCUT2D eigenvalue weighted by Gasteiger charge is -2.13. The van der Waals surface area contributed by atoms with Gasteiger partial charge in [0.05, 0.1) is 26.9 Å². The van der Waals surface area contributed by atoms with Crippen molar-refractivity contribution in [2.45, 2.75) is 6.42 Å². The normalized spacial score (nSPS) is 12.1. The van der Waals surface area contributed by atoms with E-state index in [1.54, 1.807) is 0 Å².